The highest BCUT2D eigenvalue weighted by molar-refractivity contribution is 7.16. The van der Waals surface area contributed by atoms with Gasteiger partial charge < -0.3 is 9.30 Å². The lowest BCUT2D eigenvalue weighted by Crippen LogP contribution is -2.13. The molecule has 2 aromatic carbocycles. The van der Waals surface area contributed by atoms with Crippen LogP contribution in [0, 0.1) is 0 Å². The number of ether oxygens (including phenoxy) is 1. The van der Waals surface area contributed by atoms with Crippen molar-refractivity contribution < 1.29 is 9.53 Å². The van der Waals surface area contributed by atoms with Crippen LogP contribution < -0.4 is 9.54 Å². The summed E-state index contributed by atoms with van der Waals surface area (Å²) in [5.74, 6) is 0.382. The first-order valence-electron chi connectivity index (χ1n) is 7.26. The first-order chi connectivity index (χ1) is 11.5. The van der Waals surface area contributed by atoms with E-state index < -0.39 is 0 Å². The molecule has 0 aliphatic heterocycles. The van der Waals surface area contributed by atoms with E-state index in [0.717, 1.165) is 16.0 Å². The van der Waals surface area contributed by atoms with Crippen LogP contribution in [0.4, 0.5) is 0 Å². The number of para-hydroxylation sites is 1. The lowest BCUT2D eigenvalue weighted by Gasteiger charge is -2.05. The van der Waals surface area contributed by atoms with E-state index in [1.54, 1.807) is 18.2 Å². The summed E-state index contributed by atoms with van der Waals surface area (Å²) in [6, 6.07) is 10.5. The second-order valence-electron chi connectivity index (χ2n) is 5.05. The van der Waals surface area contributed by atoms with Gasteiger partial charge in [-0.05, 0) is 37.3 Å². The standard InChI is InChI=1S/C17H14Cl2N2O2S/c1-3-23-13-5-4-6-14-15(13)21(2)17(24-14)20-16(22)10-7-11(18)9-12(19)8-10/h4-9H,3H2,1-2H3. The first kappa shape index (κ1) is 17.0. The SMILES string of the molecule is CCOc1cccc2sc(=NC(=O)c3cc(Cl)cc(Cl)c3)n(C)c12. The van der Waals surface area contributed by atoms with Crippen molar-refractivity contribution in [2.45, 2.75) is 6.92 Å². The Morgan fingerprint density at radius 3 is 2.62 bits per heavy atom. The van der Waals surface area contributed by atoms with Crippen LogP contribution in [0.25, 0.3) is 10.2 Å². The van der Waals surface area contributed by atoms with Crippen molar-refractivity contribution in [2.75, 3.05) is 6.61 Å². The summed E-state index contributed by atoms with van der Waals surface area (Å²) >= 11 is 13.3. The number of amides is 1. The molecule has 0 saturated carbocycles. The summed E-state index contributed by atoms with van der Waals surface area (Å²) in [5.41, 5.74) is 1.27. The Morgan fingerprint density at radius 1 is 1.25 bits per heavy atom. The van der Waals surface area contributed by atoms with E-state index in [1.807, 2.05) is 36.7 Å². The molecule has 0 N–H and O–H groups in total. The average molecular weight is 381 g/mol. The number of aromatic nitrogens is 1. The first-order valence-corrected chi connectivity index (χ1v) is 8.83. The summed E-state index contributed by atoms with van der Waals surface area (Å²) in [6.07, 6.45) is 0. The van der Waals surface area contributed by atoms with Crippen LogP contribution >= 0.6 is 34.5 Å². The summed E-state index contributed by atoms with van der Waals surface area (Å²) in [5, 5.41) is 0.806. The zero-order valence-electron chi connectivity index (χ0n) is 13.0. The van der Waals surface area contributed by atoms with Crippen molar-refractivity contribution in [3.8, 4) is 5.75 Å². The van der Waals surface area contributed by atoms with Gasteiger partial charge in [0.05, 0.1) is 11.3 Å². The molecule has 124 valence electrons. The van der Waals surface area contributed by atoms with Crippen molar-refractivity contribution in [3.63, 3.8) is 0 Å². The van der Waals surface area contributed by atoms with Crippen molar-refractivity contribution in [3.05, 3.63) is 56.8 Å². The summed E-state index contributed by atoms with van der Waals surface area (Å²) < 4.78 is 8.51. The highest BCUT2D eigenvalue weighted by Crippen LogP contribution is 2.27. The van der Waals surface area contributed by atoms with Gasteiger partial charge in [0.25, 0.3) is 5.91 Å². The van der Waals surface area contributed by atoms with Gasteiger partial charge in [0.2, 0.25) is 0 Å². The van der Waals surface area contributed by atoms with Gasteiger partial charge in [-0.3, -0.25) is 4.79 Å². The number of rotatable bonds is 3. The quantitative estimate of drug-likeness (QED) is 0.661. The fourth-order valence-electron chi connectivity index (χ4n) is 2.38. The smallest absolute Gasteiger partial charge is 0.279 e. The number of thiazole rings is 1. The lowest BCUT2D eigenvalue weighted by atomic mass is 10.2. The van der Waals surface area contributed by atoms with Crippen molar-refractivity contribution >= 4 is 50.7 Å². The van der Waals surface area contributed by atoms with Gasteiger partial charge in [0.1, 0.15) is 11.3 Å². The number of aryl methyl sites for hydroxylation is 1. The molecule has 0 aliphatic rings. The van der Waals surface area contributed by atoms with E-state index >= 15 is 0 Å². The van der Waals surface area contributed by atoms with E-state index in [0.29, 0.717) is 27.0 Å². The number of benzene rings is 2. The zero-order chi connectivity index (χ0) is 17.3. The Hall–Kier alpha value is -1.82. The van der Waals surface area contributed by atoms with Crippen LogP contribution in [-0.2, 0) is 7.05 Å². The van der Waals surface area contributed by atoms with E-state index in [1.165, 1.54) is 11.3 Å². The number of nitrogens with zero attached hydrogens (tertiary/aromatic N) is 2. The minimum absolute atomic E-state index is 0.356. The molecule has 0 spiro atoms. The molecule has 24 heavy (non-hydrogen) atoms. The summed E-state index contributed by atoms with van der Waals surface area (Å²) in [7, 11) is 1.86. The molecule has 1 amide bonds. The third-order valence-electron chi connectivity index (χ3n) is 3.39. The van der Waals surface area contributed by atoms with Crippen LogP contribution in [0.15, 0.2) is 41.4 Å². The number of hydrogen-bond acceptors (Lipinski definition) is 3. The van der Waals surface area contributed by atoms with Gasteiger partial charge in [-0.2, -0.15) is 4.99 Å². The monoisotopic (exact) mass is 380 g/mol. The summed E-state index contributed by atoms with van der Waals surface area (Å²) in [4.78, 5) is 17.2. The predicted octanol–water partition coefficient (Wildman–Crippen LogP) is 4.69. The Bertz CT molecular complexity index is 972. The molecule has 0 atom stereocenters. The normalized spacial score (nSPS) is 11.9. The molecule has 3 rings (SSSR count). The highest BCUT2D eigenvalue weighted by atomic mass is 35.5. The third kappa shape index (κ3) is 3.34. The average Bonchev–Trinajstić information content (AvgIpc) is 2.84. The highest BCUT2D eigenvalue weighted by Gasteiger charge is 2.11. The molecule has 0 fully saturated rings. The van der Waals surface area contributed by atoms with E-state index in [4.69, 9.17) is 27.9 Å². The van der Waals surface area contributed by atoms with Gasteiger partial charge in [-0.15, -0.1) is 0 Å². The molecular weight excluding hydrogens is 367 g/mol. The van der Waals surface area contributed by atoms with Crippen molar-refractivity contribution in [2.24, 2.45) is 12.0 Å². The van der Waals surface area contributed by atoms with Crippen LogP contribution in [-0.4, -0.2) is 17.1 Å². The maximum Gasteiger partial charge on any atom is 0.279 e. The topological polar surface area (TPSA) is 43.6 Å². The fraction of sp³-hybridized carbons (Fsp3) is 0.176. The number of carbonyl (C=O) groups is 1. The van der Waals surface area contributed by atoms with Gasteiger partial charge >= 0.3 is 0 Å². The van der Waals surface area contributed by atoms with E-state index in [-0.39, 0.29) is 5.91 Å². The fourth-order valence-corrected chi connectivity index (χ4v) is 3.94. The second kappa shape index (κ2) is 6.97. The molecule has 0 unspecified atom stereocenters. The predicted molar refractivity (Wildman–Crippen MR) is 98.3 cm³/mol. The van der Waals surface area contributed by atoms with Crippen LogP contribution in [0.1, 0.15) is 17.3 Å². The molecule has 0 saturated heterocycles. The molecular formula is C17H14Cl2N2O2S. The Balaban J connectivity index is 2.11. The summed E-state index contributed by atoms with van der Waals surface area (Å²) in [6.45, 7) is 2.50. The van der Waals surface area contributed by atoms with Crippen LogP contribution in [0.2, 0.25) is 10.0 Å². The molecule has 4 nitrogen and oxygen atoms in total. The van der Waals surface area contributed by atoms with Crippen LogP contribution in [0.3, 0.4) is 0 Å². The van der Waals surface area contributed by atoms with Gasteiger partial charge in [0.15, 0.2) is 4.80 Å². The Morgan fingerprint density at radius 2 is 1.96 bits per heavy atom. The van der Waals surface area contributed by atoms with Gasteiger partial charge in [-0.1, -0.05) is 40.6 Å². The largest absolute Gasteiger partial charge is 0.492 e. The third-order valence-corrected chi connectivity index (χ3v) is 4.93. The minimum Gasteiger partial charge on any atom is -0.492 e. The minimum atomic E-state index is -0.389. The molecule has 0 radical (unpaired) electrons. The number of halogens is 2. The lowest BCUT2D eigenvalue weighted by molar-refractivity contribution is 0.0998. The van der Waals surface area contributed by atoms with Gasteiger partial charge in [-0.25, -0.2) is 0 Å². The van der Waals surface area contributed by atoms with Gasteiger partial charge in [0, 0.05) is 22.7 Å². The second-order valence-corrected chi connectivity index (χ2v) is 6.94. The number of fused-ring (bicyclic) bond motifs is 1. The van der Waals surface area contributed by atoms with Crippen molar-refractivity contribution in [1.29, 1.82) is 0 Å². The molecule has 3 aromatic rings. The molecule has 1 heterocycles. The molecule has 1 aromatic heterocycles. The van der Waals surface area contributed by atoms with E-state index in [2.05, 4.69) is 4.99 Å². The zero-order valence-corrected chi connectivity index (χ0v) is 15.4. The molecule has 7 heteroatoms. The molecule has 0 aliphatic carbocycles. The molecule has 0 bridgehead atoms. The Labute approximate surface area is 152 Å². The number of hydrogen-bond donors (Lipinski definition) is 0. The van der Waals surface area contributed by atoms with Crippen molar-refractivity contribution in [1.82, 2.24) is 4.57 Å². The number of carbonyl (C=O) groups excluding carboxylic acids is 1. The van der Waals surface area contributed by atoms with E-state index in [9.17, 15) is 4.79 Å². The maximum absolute atomic E-state index is 12.4. The maximum atomic E-state index is 12.4. The Kier molecular flexibility index (Phi) is 4.94. The van der Waals surface area contributed by atoms with Crippen LogP contribution in [0.5, 0.6) is 5.75 Å².